The maximum Gasteiger partial charge on any atom is 0.373 e. The predicted molar refractivity (Wildman–Crippen MR) is 121 cm³/mol. The molecule has 2 saturated heterocycles. The second-order valence-electron chi connectivity index (χ2n) is 9.14. The average molecular weight is 441 g/mol. The van der Waals surface area contributed by atoms with Gasteiger partial charge in [-0.05, 0) is 44.0 Å². The number of hydrogen-bond donors (Lipinski definition) is 2. The fourth-order valence-corrected chi connectivity index (χ4v) is 4.82. The minimum Gasteiger partial charge on any atom is -0.437 e. The Hall–Kier alpha value is -2.20. The van der Waals surface area contributed by atoms with Crippen molar-refractivity contribution in [3.63, 3.8) is 0 Å². The van der Waals surface area contributed by atoms with E-state index in [9.17, 15) is 14.6 Å². The largest absolute Gasteiger partial charge is 0.437 e. The number of carbonyl (C=O) groups is 2. The number of hydrogen-bond acceptors (Lipinski definition) is 7. The number of likely N-dealkylation sites (N-methyl/N-ethyl adjacent to an activating group) is 1. The Labute approximate surface area is 189 Å². The molecule has 0 spiro atoms. The summed E-state index contributed by atoms with van der Waals surface area (Å²) in [5.74, 6) is -1.16. The first-order valence-electron chi connectivity index (χ1n) is 11.4. The van der Waals surface area contributed by atoms with Gasteiger partial charge in [0.1, 0.15) is 11.7 Å². The summed E-state index contributed by atoms with van der Waals surface area (Å²) in [4.78, 5) is 30.4. The zero-order valence-electron chi connectivity index (χ0n) is 18.9. The van der Waals surface area contributed by atoms with E-state index in [1.54, 1.807) is 19.0 Å². The van der Waals surface area contributed by atoms with Crippen LogP contribution in [-0.2, 0) is 20.7 Å². The van der Waals surface area contributed by atoms with Crippen molar-refractivity contribution in [2.24, 2.45) is 11.8 Å². The first-order valence-corrected chi connectivity index (χ1v) is 11.4. The van der Waals surface area contributed by atoms with Crippen molar-refractivity contribution in [3.05, 3.63) is 42.0 Å². The van der Waals surface area contributed by atoms with Crippen LogP contribution in [0.3, 0.4) is 0 Å². The normalized spacial score (nSPS) is 28.1. The lowest BCUT2D eigenvalue weighted by Crippen LogP contribution is -2.52. The van der Waals surface area contributed by atoms with Gasteiger partial charge in [0, 0.05) is 26.2 Å². The Morgan fingerprint density at radius 3 is 2.41 bits per heavy atom. The van der Waals surface area contributed by atoms with E-state index in [0.29, 0.717) is 18.8 Å². The Kier molecular flexibility index (Phi) is 7.00. The lowest BCUT2D eigenvalue weighted by molar-refractivity contribution is -0.148. The number of benzene rings is 1. The van der Waals surface area contributed by atoms with Crippen molar-refractivity contribution in [2.45, 2.75) is 38.4 Å². The predicted octanol–water partition coefficient (Wildman–Crippen LogP) is 0.567. The first kappa shape index (κ1) is 23.0. The monoisotopic (exact) mass is 441 g/mol. The average Bonchev–Trinajstić information content (AvgIpc) is 3.36. The quantitative estimate of drug-likeness (QED) is 0.277. The summed E-state index contributed by atoms with van der Waals surface area (Å²) < 4.78 is 11.6. The van der Waals surface area contributed by atoms with Gasteiger partial charge in [0.15, 0.2) is 0 Å². The van der Waals surface area contributed by atoms with E-state index in [1.165, 1.54) is 0 Å². The van der Waals surface area contributed by atoms with E-state index in [4.69, 9.17) is 9.47 Å². The van der Waals surface area contributed by atoms with Gasteiger partial charge in [-0.1, -0.05) is 31.2 Å². The molecular weight excluding hydrogens is 409 g/mol. The Morgan fingerprint density at radius 2 is 1.78 bits per heavy atom. The van der Waals surface area contributed by atoms with Gasteiger partial charge in [0.2, 0.25) is 5.91 Å². The molecule has 3 heterocycles. The van der Waals surface area contributed by atoms with Crippen LogP contribution in [0.4, 0.5) is 0 Å². The maximum absolute atomic E-state index is 13.2. The molecule has 8 nitrogen and oxygen atoms in total. The topological polar surface area (TPSA) is 91.3 Å². The molecule has 1 amide bonds. The van der Waals surface area contributed by atoms with Crippen molar-refractivity contribution in [1.82, 2.24) is 15.0 Å². The van der Waals surface area contributed by atoms with E-state index in [-0.39, 0.29) is 18.1 Å². The highest BCUT2D eigenvalue weighted by atomic mass is 16.5. The molecule has 1 aromatic rings. The summed E-state index contributed by atoms with van der Waals surface area (Å²) in [6.07, 6.45) is 3.72. The van der Waals surface area contributed by atoms with Crippen LogP contribution in [0.25, 0.3) is 0 Å². The van der Waals surface area contributed by atoms with Gasteiger partial charge in [0.05, 0.1) is 18.1 Å². The second-order valence-corrected chi connectivity index (χ2v) is 9.14. The number of piperazine rings is 1. The van der Waals surface area contributed by atoms with Crippen LogP contribution in [0.15, 0.2) is 36.4 Å². The van der Waals surface area contributed by atoms with Gasteiger partial charge in [-0.25, -0.2) is 0 Å². The zero-order valence-corrected chi connectivity index (χ0v) is 18.9. The van der Waals surface area contributed by atoms with Gasteiger partial charge in [0.25, 0.3) is 0 Å². The SMILES string of the molecule is CB(O)NC(C)Cc1ccc(OC(=O)C2C(C(=O)N3CCN(C)CC3)[C@@H]3C=C[C@H]2O3)cc1. The summed E-state index contributed by atoms with van der Waals surface area (Å²) in [6, 6.07) is 7.47. The first-order chi connectivity index (χ1) is 15.3. The molecule has 172 valence electrons. The van der Waals surface area contributed by atoms with E-state index in [2.05, 4.69) is 10.1 Å². The summed E-state index contributed by atoms with van der Waals surface area (Å²) in [5.41, 5.74) is 1.07. The zero-order chi connectivity index (χ0) is 22.8. The minimum absolute atomic E-state index is 0.0214. The standard InChI is InChI=1S/C23H32BN3O5/c1-15(25-24(2)30)14-16-4-6-17(7-5-16)31-23(29)21-19-9-8-18(32-19)20(21)22(28)27-12-10-26(3)11-13-27/h4-9,15,18-21,25,30H,10-14H2,1-3H3/t15?,18-,19+,20?,21?/m0/s1. The van der Waals surface area contributed by atoms with Gasteiger partial charge in [-0.3, -0.25) is 9.59 Å². The van der Waals surface area contributed by atoms with E-state index >= 15 is 0 Å². The van der Waals surface area contributed by atoms with E-state index in [1.807, 2.05) is 43.2 Å². The van der Waals surface area contributed by atoms with Crippen molar-refractivity contribution in [2.75, 3.05) is 33.2 Å². The Morgan fingerprint density at radius 1 is 1.16 bits per heavy atom. The highest BCUT2D eigenvalue weighted by Gasteiger charge is 2.54. The van der Waals surface area contributed by atoms with Gasteiger partial charge in [-0.2, -0.15) is 0 Å². The number of carbonyl (C=O) groups excluding carboxylic acids is 2. The fraction of sp³-hybridized carbons (Fsp3) is 0.565. The fourth-order valence-electron chi connectivity index (χ4n) is 4.82. The number of esters is 1. The van der Waals surface area contributed by atoms with Crippen molar-refractivity contribution in [1.29, 1.82) is 0 Å². The molecule has 32 heavy (non-hydrogen) atoms. The minimum atomic E-state index is -0.632. The highest BCUT2D eigenvalue weighted by molar-refractivity contribution is 6.45. The molecule has 4 rings (SSSR count). The van der Waals surface area contributed by atoms with E-state index < -0.39 is 31.0 Å². The summed E-state index contributed by atoms with van der Waals surface area (Å²) in [7, 11) is 1.48. The van der Waals surface area contributed by atoms with Crippen molar-refractivity contribution in [3.8, 4) is 5.75 Å². The second kappa shape index (κ2) is 9.74. The van der Waals surface area contributed by atoms with E-state index in [0.717, 1.165) is 25.1 Å². The van der Waals surface area contributed by atoms with Crippen LogP contribution >= 0.6 is 0 Å². The maximum atomic E-state index is 13.2. The van der Waals surface area contributed by atoms with Gasteiger partial charge < -0.3 is 29.5 Å². The molecule has 5 atom stereocenters. The molecule has 0 aromatic heterocycles. The van der Waals surface area contributed by atoms with Crippen molar-refractivity contribution >= 4 is 18.9 Å². The number of nitrogens with zero attached hydrogens (tertiary/aromatic N) is 2. The third-order valence-corrected chi connectivity index (χ3v) is 6.48. The Balaban J connectivity index is 1.39. The molecule has 2 fully saturated rings. The molecule has 2 bridgehead atoms. The molecule has 0 aliphatic carbocycles. The van der Waals surface area contributed by atoms with Crippen LogP contribution in [0, 0.1) is 11.8 Å². The molecule has 3 aliphatic heterocycles. The Bertz CT molecular complexity index is 854. The molecule has 3 unspecified atom stereocenters. The third-order valence-electron chi connectivity index (χ3n) is 6.48. The molecule has 1 aromatic carbocycles. The highest BCUT2D eigenvalue weighted by Crippen LogP contribution is 2.41. The van der Waals surface area contributed by atoms with Crippen LogP contribution < -0.4 is 9.96 Å². The van der Waals surface area contributed by atoms with Crippen molar-refractivity contribution < 1.29 is 24.1 Å². The molecule has 2 N–H and O–H groups in total. The number of amides is 1. The number of ether oxygens (including phenoxy) is 2. The number of nitrogens with one attached hydrogen (secondary N) is 1. The molecule has 3 aliphatic rings. The lowest BCUT2D eigenvalue weighted by Gasteiger charge is -2.35. The number of rotatable bonds is 7. The summed E-state index contributed by atoms with van der Waals surface area (Å²) in [5, 5.41) is 12.5. The van der Waals surface area contributed by atoms with Crippen LogP contribution in [-0.4, -0.2) is 85.2 Å². The number of fused-ring (bicyclic) bond motifs is 2. The van der Waals surface area contributed by atoms with Crippen LogP contribution in [0.1, 0.15) is 12.5 Å². The van der Waals surface area contributed by atoms with Crippen LogP contribution in [0.2, 0.25) is 6.82 Å². The molecular formula is C23H32BN3O5. The lowest BCUT2D eigenvalue weighted by atomic mass is 9.82. The summed E-state index contributed by atoms with van der Waals surface area (Å²) in [6.45, 7) is 6.68. The summed E-state index contributed by atoms with van der Waals surface area (Å²) >= 11 is 0. The smallest absolute Gasteiger partial charge is 0.373 e. The third kappa shape index (κ3) is 5.06. The van der Waals surface area contributed by atoms with Gasteiger partial charge >= 0.3 is 13.0 Å². The molecule has 9 heteroatoms. The van der Waals surface area contributed by atoms with Gasteiger partial charge in [-0.15, -0.1) is 0 Å². The molecule has 0 radical (unpaired) electrons. The van der Waals surface area contributed by atoms with Crippen LogP contribution in [0.5, 0.6) is 5.75 Å². The molecule has 0 saturated carbocycles.